The third kappa shape index (κ3) is 7.26. The van der Waals surface area contributed by atoms with E-state index in [0.717, 1.165) is 35.3 Å². The molecule has 0 aliphatic rings. The highest BCUT2D eigenvalue weighted by atomic mass is 32.1. The lowest BCUT2D eigenvalue weighted by atomic mass is 10.3. The summed E-state index contributed by atoms with van der Waals surface area (Å²) in [5.74, 6) is 1.34. The number of aromatic nitrogens is 1. The average Bonchev–Trinajstić information content (AvgIpc) is 2.94. The van der Waals surface area contributed by atoms with Crippen LogP contribution in [0.1, 0.15) is 22.5 Å². The lowest BCUT2D eigenvalue weighted by Gasteiger charge is -2.12. The number of ether oxygens (including phenoxy) is 1. The summed E-state index contributed by atoms with van der Waals surface area (Å²) in [5.41, 5.74) is 1.83. The Labute approximate surface area is 164 Å². The number of thiazole rings is 1. The van der Waals surface area contributed by atoms with E-state index >= 15 is 0 Å². The van der Waals surface area contributed by atoms with Crippen molar-refractivity contribution in [2.24, 2.45) is 4.99 Å². The molecular formula is C19H27N5O2S. The third-order valence-corrected chi connectivity index (χ3v) is 4.88. The Morgan fingerprint density at radius 1 is 1.26 bits per heavy atom. The Balaban J connectivity index is 1.68. The zero-order valence-corrected chi connectivity index (χ0v) is 17.1. The first kappa shape index (κ1) is 20.7. The quantitative estimate of drug-likeness (QED) is 0.367. The highest BCUT2D eigenvalue weighted by Gasteiger charge is 2.04. The highest BCUT2D eigenvalue weighted by Crippen LogP contribution is 2.17. The van der Waals surface area contributed by atoms with Gasteiger partial charge in [-0.25, -0.2) is 4.98 Å². The Bertz CT molecular complexity index is 769. The summed E-state index contributed by atoms with van der Waals surface area (Å²) in [5, 5.41) is 10.4. The summed E-state index contributed by atoms with van der Waals surface area (Å²) in [6, 6.07) is 7.32. The van der Waals surface area contributed by atoms with Crippen LogP contribution in [-0.2, 0) is 11.2 Å². The van der Waals surface area contributed by atoms with E-state index in [1.165, 1.54) is 11.8 Å². The molecule has 0 aliphatic heterocycles. The molecule has 8 heteroatoms. The van der Waals surface area contributed by atoms with Gasteiger partial charge in [-0.1, -0.05) is 6.07 Å². The fraction of sp³-hybridized carbons (Fsp3) is 0.421. The predicted octanol–water partition coefficient (Wildman–Crippen LogP) is 2.50. The molecule has 0 saturated carbocycles. The monoisotopic (exact) mass is 389 g/mol. The second-order valence-electron chi connectivity index (χ2n) is 5.98. The number of carbonyl (C=O) groups is 1. The Morgan fingerprint density at radius 3 is 2.70 bits per heavy atom. The molecule has 1 aromatic carbocycles. The van der Waals surface area contributed by atoms with E-state index in [-0.39, 0.29) is 5.91 Å². The Kier molecular flexibility index (Phi) is 8.06. The van der Waals surface area contributed by atoms with Gasteiger partial charge in [0.25, 0.3) is 0 Å². The number of anilines is 1. The molecule has 0 spiro atoms. The predicted molar refractivity (Wildman–Crippen MR) is 111 cm³/mol. The molecule has 2 rings (SSSR count). The fourth-order valence-corrected chi connectivity index (χ4v) is 3.29. The second-order valence-corrected chi connectivity index (χ2v) is 7.27. The number of aliphatic imine (C=N–C) groups is 1. The minimum atomic E-state index is -0.105. The van der Waals surface area contributed by atoms with Gasteiger partial charge in [0.2, 0.25) is 5.91 Å². The molecule has 7 nitrogen and oxygen atoms in total. The summed E-state index contributed by atoms with van der Waals surface area (Å²) in [7, 11) is 1.74. The van der Waals surface area contributed by atoms with Gasteiger partial charge in [0.05, 0.1) is 17.2 Å². The number of carbonyl (C=O) groups excluding carboxylic acids is 1. The number of hydrogen-bond donors (Lipinski definition) is 3. The maximum Gasteiger partial charge on any atom is 0.221 e. The molecule has 0 unspecified atom stereocenters. The van der Waals surface area contributed by atoms with Gasteiger partial charge in [0.1, 0.15) is 12.4 Å². The van der Waals surface area contributed by atoms with Crippen LogP contribution in [0.3, 0.4) is 0 Å². The first-order chi connectivity index (χ1) is 13.0. The van der Waals surface area contributed by atoms with Crippen molar-refractivity contribution in [3.8, 4) is 5.75 Å². The van der Waals surface area contributed by atoms with Crippen molar-refractivity contribution in [1.82, 2.24) is 15.6 Å². The summed E-state index contributed by atoms with van der Waals surface area (Å²) >= 11 is 1.74. The number of benzene rings is 1. The van der Waals surface area contributed by atoms with E-state index in [9.17, 15) is 4.79 Å². The number of amides is 1. The fourth-order valence-electron chi connectivity index (χ4n) is 2.36. The van der Waals surface area contributed by atoms with Gasteiger partial charge in [-0.3, -0.25) is 9.79 Å². The van der Waals surface area contributed by atoms with Gasteiger partial charge in [-0.05, 0) is 26.0 Å². The van der Waals surface area contributed by atoms with Crippen LogP contribution in [0.2, 0.25) is 0 Å². The van der Waals surface area contributed by atoms with E-state index in [1.54, 1.807) is 24.5 Å². The van der Waals surface area contributed by atoms with E-state index in [4.69, 9.17) is 4.74 Å². The normalized spacial score (nSPS) is 11.2. The van der Waals surface area contributed by atoms with Crippen molar-refractivity contribution in [2.75, 3.05) is 32.1 Å². The highest BCUT2D eigenvalue weighted by molar-refractivity contribution is 7.11. The van der Waals surface area contributed by atoms with E-state index < -0.39 is 0 Å². The number of guanidine groups is 1. The van der Waals surface area contributed by atoms with Gasteiger partial charge in [-0.15, -0.1) is 11.3 Å². The molecular weight excluding hydrogens is 362 g/mol. The number of nitrogens with zero attached hydrogens (tertiary/aromatic N) is 2. The van der Waals surface area contributed by atoms with Crippen molar-refractivity contribution in [3.05, 3.63) is 39.8 Å². The largest absolute Gasteiger partial charge is 0.492 e. The van der Waals surface area contributed by atoms with E-state index in [1.807, 2.05) is 25.1 Å². The number of nitrogens with one attached hydrogen (secondary N) is 3. The van der Waals surface area contributed by atoms with Crippen molar-refractivity contribution >= 4 is 28.9 Å². The molecule has 0 fully saturated rings. The van der Waals surface area contributed by atoms with Gasteiger partial charge < -0.3 is 20.7 Å². The van der Waals surface area contributed by atoms with Gasteiger partial charge in [0.15, 0.2) is 5.96 Å². The summed E-state index contributed by atoms with van der Waals surface area (Å²) in [6.07, 6.45) is 0.868. The Hall–Kier alpha value is -2.61. The number of aryl methyl sites for hydroxylation is 2. The minimum Gasteiger partial charge on any atom is -0.492 e. The van der Waals surface area contributed by atoms with Crippen LogP contribution < -0.4 is 20.7 Å². The van der Waals surface area contributed by atoms with E-state index in [2.05, 4.69) is 32.9 Å². The van der Waals surface area contributed by atoms with Crippen LogP contribution in [0.25, 0.3) is 0 Å². The number of rotatable bonds is 8. The molecule has 0 atom stereocenters. The van der Waals surface area contributed by atoms with Crippen molar-refractivity contribution in [1.29, 1.82) is 0 Å². The molecule has 0 bridgehead atoms. The molecule has 0 saturated heterocycles. The van der Waals surface area contributed by atoms with Crippen LogP contribution in [0.5, 0.6) is 5.75 Å². The van der Waals surface area contributed by atoms with Crippen molar-refractivity contribution in [2.45, 2.75) is 27.2 Å². The molecule has 2 aromatic rings. The molecule has 3 N–H and O–H groups in total. The molecule has 1 amide bonds. The lowest BCUT2D eigenvalue weighted by molar-refractivity contribution is -0.114. The van der Waals surface area contributed by atoms with Gasteiger partial charge >= 0.3 is 0 Å². The van der Waals surface area contributed by atoms with Crippen LogP contribution in [0.4, 0.5) is 5.69 Å². The Morgan fingerprint density at radius 2 is 2.04 bits per heavy atom. The maximum atomic E-state index is 11.1. The van der Waals surface area contributed by atoms with Crippen LogP contribution in [0, 0.1) is 13.8 Å². The van der Waals surface area contributed by atoms with Crippen LogP contribution in [-0.4, -0.2) is 43.6 Å². The summed E-state index contributed by atoms with van der Waals surface area (Å²) < 4.78 is 5.71. The number of hydrogen-bond acceptors (Lipinski definition) is 5. The maximum absolute atomic E-state index is 11.1. The SMILES string of the molecule is CN=C(NCCOc1cccc(NC(C)=O)c1)NCCc1nc(C)c(C)s1. The molecule has 146 valence electrons. The molecule has 1 heterocycles. The van der Waals surface area contributed by atoms with Crippen molar-refractivity contribution < 1.29 is 9.53 Å². The molecule has 1 aromatic heterocycles. The zero-order valence-electron chi connectivity index (χ0n) is 16.3. The van der Waals surface area contributed by atoms with Crippen LogP contribution >= 0.6 is 11.3 Å². The first-order valence-corrected chi connectivity index (χ1v) is 9.67. The average molecular weight is 390 g/mol. The zero-order chi connectivity index (χ0) is 19.6. The standard InChI is InChI=1S/C19H27N5O2S/c1-13-14(2)27-18(23-13)8-9-21-19(20-4)22-10-11-26-17-7-5-6-16(12-17)24-15(3)25/h5-7,12H,8-11H2,1-4H3,(H,24,25)(H2,20,21,22). The topological polar surface area (TPSA) is 87.6 Å². The molecule has 0 radical (unpaired) electrons. The van der Waals surface area contributed by atoms with Crippen molar-refractivity contribution in [3.63, 3.8) is 0 Å². The summed E-state index contributed by atoms with van der Waals surface area (Å²) in [4.78, 5) is 21.1. The molecule has 27 heavy (non-hydrogen) atoms. The minimum absolute atomic E-state index is 0.105. The smallest absolute Gasteiger partial charge is 0.221 e. The first-order valence-electron chi connectivity index (χ1n) is 8.86. The lowest BCUT2D eigenvalue weighted by Crippen LogP contribution is -2.40. The second kappa shape index (κ2) is 10.5. The van der Waals surface area contributed by atoms with E-state index in [0.29, 0.717) is 18.9 Å². The molecule has 0 aliphatic carbocycles. The van der Waals surface area contributed by atoms with Gasteiger partial charge in [0, 0.05) is 43.6 Å². The van der Waals surface area contributed by atoms with Crippen LogP contribution in [0.15, 0.2) is 29.3 Å². The third-order valence-electron chi connectivity index (χ3n) is 3.75. The summed E-state index contributed by atoms with van der Waals surface area (Å²) in [6.45, 7) is 7.47. The van der Waals surface area contributed by atoms with Gasteiger partial charge in [-0.2, -0.15) is 0 Å².